The zero-order chi connectivity index (χ0) is 8.43. The van der Waals surface area contributed by atoms with Gasteiger partial charge in [0, 0.05) is 10.6 Å². The van der Waals surface area contributed by atoms with Crippen molar-refractivity contribution >= 4 is 23.2 Å². The molecule has 1 nitrogen and oxygen atoms in total. The average molecular weight is 191 g/mol. The summed E-state index contributed by atoms with van der Waals surface area (Å²) in [5, 5.41) is 1.36. The maximum absolute atomic E-state index is 5.90. The second-order valence-corrected chi connectivity index (χ2v) is 3.41. The highest BCUT2D eigenvalue weighted by molar-refractivity contribution is 6.35. The molecular weight excluding hydrogens is 181 g/mol. The zero-order valence-electron chi connectivity index (χ0n) is 6.27. The fourth-order valence-electron chi connectivity index (χ4n) is 0.901. The first-order valence-corrected chi connectivity index (χ1v) is 4.15. The van der Waals surface area contributed by atoms with Crippen molar-refractivity contribution in [2.75, 3.05) is 0 Å². The molecule has 0 amide bonds. The summed E-state index contributed by atoms with van der Waals surface area (Å²) in [7, 11) is 0. The van der Waals surface area contributed by atoms with E-state index in [1.165, 1.54) is 0 Å². The molecule has 0 spiro atoms. The van der Waals surface area contributed by atoms with Crippen LogP contribution in [-0.2, 0) is 0 Å². The maximum atomic E-state index is 5.90. The predicted octanol–water partition coefficient (Wildman–Crippen LogP) is 2.30. The lowest BCUT2D eigenvalue weighted by molar-refractivity contribution is -0.420. The second-order valence-electron chi connectivity index (χ2n) is 2.57. The topological polar surface area (TPSA) is 27.6 Å². The summed E-state index contributed by atoms with van der Waals surface area (Å²) in [5.74, 6) is 0. The van der Waals surface area contributed by atoms with E-state index >= 15 is 0 Å². The fraction of sp³-hybridized carbons (Fsp3) is 0.250. The van der Waals surface area contributed by atoms with Crippen LogP contribution in [0.15, 0.2) is 18.2 Å². The van der Waals surface area contributed by atoms with Crippen molar-refractivity contribution < 1.29 is 5.73 Å². The molecule has 1 rings (SSSR count). The van der Waals surface area contributed by atoms with Crippen LogP contribution in [0.3, 0.4) is 0 Å². The summed E-state index contributed by atoms with van der Waals surface area (Å²) in [6.45, 7) is 2.00. The van der Waals surface area contributed by atoms with Gasteiger partial charge in [0.2, 0.25) is 0 Å². The van der Waals surface area contributed by atoms with Gasteiger partial charge < -0.3 is 5.73 Å². The average Bonchev–Trinajstić information content (AvgIpc) is 1.85. The summed E-state index contributed by atoms with van der Waals surface area (Å²) in [6, 6.07) is 5.67. The minimum atomic E-state index is 0.208. The van der Waals surface area contributed by atoms with Crippen LogP contribution >= 0.6 is 23.2 Å². The van der Waals surface area contributed by atoms with Gasteiger partial charge in [-0.2, -0.15) is 0 Å². The third-order valence-electron chi connectivity index (χ3n) is 1.49. The first-order valence-electron chi connectivity index (χ1n) is 3.39. The van der Waals surface area contributed by atoms with Crippen molar-refractivity contribution in [1.82, 2.24) is 0 Å². The third-order valence-corrected chi connectivity index (χ3v) is 2.06. The lowest BCUT2D eigenvalue weighted by Crippen LogP contribution is -2.51. The van der Waals surface area contributed by atoms with Crippen LogP contribution in [-0.4, -0.2) is 0 Å². The first kappa shape index (κ1) is 8.85. The monoisotopic (exact) mass is 190 g/mol. The fourth-order valence-corrected chi connectivity index (χ4v) is 1.50. The minimum absolute atomic E-state index is 0.208. The van der Waals surface area contributed by atoms with Gasteiger partial charge in [-0.05, 0) is 19.1 Å². The molecule has 3 N–H and O–H groups in total. The van der Waals surface area contributed by atoms with Gasteiger partial charge in [0.1, 0.15) is 6.04 Å². The molecule has 60 valence electrons. The Balaban J connectivity index is 3.09. The molecular formula is C8H10Cl2N+. The zero-order valence-corrected chi connectivity index (χ0v) is 7.78. The third kappa shape index (κ3) is 2.09. The van der Waals surface area contributed by atoms with Crippen molar-refractivity contribution in [2.24, 2.45) is 0 Å². The van der Waals surface area contributed by atoms with Crippen LogP contribution in [0, 0.1) is 0 Å². The number of rotatable bonds is 1. The Kier molecular flexibility index (Phi) is 2.77. The molecule has 1 atom stereocenters. The molecule has 3 heteroatoms. The lowest BCUT2D eigenvalue weighted by atomic mass is 10.1. The molecule has 0 aliphatic heterocycles. The van der Waals surface area contributed by atoms with E-state index in [2.05, 4.69) is 5.73 Å². The van der Waals surface area contributed by atoms with Crippen molar-refractivity contribution in [1.29, 1.82) is 0 Å². The summed E-state index contributed by atoms with van der Waals surface area (Å²) in [6.07, 6.45) is 0. The van der Waals surface area contributed by atoms with Crippen molar-refractivity contribution in [2.45, 2.75) is 13.0 Å². The van der Waals surface area contributed by atoms with Gasteiger partial charge in [0.25, 0.3) is 0 Å². The molecule has 0 aliphatic carbocycles. The molecule has 0 aliphatic rings. The Morgan fingerprint density at radius 3 is 2.45 bits per heavy atom. The summed E-state index contributed by atoms with van der Waals surface area (Å²) in [4.78, 5) is 0. The molecule has 0 unspecified atom stereocenters. The van der Waals surface area contributed by atoms with E-state index in [0.717, 1.165) is 5.56 Å². The van der Waals surface area contributed by atoms with Gasteiger partial charge in [-0.3, -0.25) is 0 Å². The van der Waals surface area contributed by atoms with Gasteiger partial charge in [-0.25, -0.2) is 0 Å². The highest BCUT2D eigenvalue weighted by Gasteiger charge is 2.07. The van der Waals surface area contributed by atoms with E-state index in [1.54, 1.807) is 6.07 Å². The second kappa shape index (κ2) is 3.44. The van der Waals surface area contributed by atoms with Crippen LogP contribution < -0.4 is 5.73 Å². The molecule has 0 saturated heterocycles. The predicted molar refractivity (Wildman–Crippen MR) is 47.8 cm³/mol. The lowest BCUT2D eigenvalue weighted by Gasteiger charge is -2.04. The largest absolute Gasteiger partial charge is 0.352 e. The Labute approximate surface area is 76.1 Å². The SMILES string of the molecule is C[C@H]([NH3+])c1ccc(Cl)cc1Cl. The quantitative estimate of drug-likeness (QED) is 0.705. The number of hydrogen-bond donors (Lipinski definition) is 1. The number of quaternary nitrogens is 1. The van der Waals surface area contributed by atoms with Crippen LogP contribution in [0.4, 0.5) is 0 Å². The van der Waals surface area contributed by atoms with Crippen LogP contribution in [0.2, 0.25) is 10.0 Å². The standard InChI is InChI=1S/C8H9Cl2N/c1-5(11)7-3-2-6(9)4-8(7)10/h2-5H,11H2,1H3/p+1/t5-/m0/s1. The van der Waals surface area contributed by atoms with Gasteiger partial charge >= 0.3 is 0 Å². The van der Waals surface area contributed by atoms with Gasteiger partial charge in [-0.15, -0.1) is 0 Å². The molecule has 1 aromatic carbocycles. The highest BCUT2D eigenvalue weighted by Crippen LogP contribution is 2.23. The Morgan fingerprint density at radius 1 is 1.36 bits per heavy atom. The van der Waals surface area contributed by atoms with Gasteiger partial charge in [-0.1, -0.05) is 29.3 Å². The van der Waals surface area contributed by atoms with Crippen molar-refractivity contribution in [3.8, 4) is 0 Å². The van der Waals surface area contributed by atoms with Crippen LogP contribution in [0.5, 0.6) is 0 Å². The highest BCUT2D eigenvalue weighted by atomic mass is 35.5. The van der Waals surface area contributed by atoms with Crippen molar-refractivity contribution in [3.05, 3.63) is 33.8 Å². The van der Waals surface area contributed by atoms with Crippen LogP contribution in [0.25, 0.3) is 0 Å². The molecule has 0 fully saturated rings. The number of halogens is 2. The van der Waals surface area contributed by atoms with Crippen LogP contribution in [0.1, 0.15) is 18.5 Å². The molecule has 0 bridgehead atoms. The van der Waals surface area contributed by atoms with E-state index in [1.807, 2.05) is 19.1 Å². The number of hydrogen-bond acceptors (Lipinski definition) is 0. The summed E-state index contributed by atoms with van der Waals surface area (Å²) in [5.41, 5.74) is 4.91. The first-order chi connectivity index (χ1) is 5.11. The summed E-state index contributed by atoms with van der Waals surface area (Å²) < 4.78 is 0. The number of benzene rings is 1. The van der Waals surface area contributed by atoms with E-state index < -0.39 is 0 Å². The molecule has 1 aromatic rings. The van der Waals surface area contributed by atoms with Crippen molar-refractivity contribution in [3.63, 3.8) is 0 Å². The van der Waals surface area contributed by atoms with E-state index in [4.69, 9.17) is 23.2 Å². The van der Waals surface area contributed by atoms with E-state index in [0.29, 0.717) is 10.0 Å². The van der Waals surface area contributed by atoms with E-state index in [9.17, 15) is 0 Å². The smallest absolute Gasteiger partial charge is 0.109 e. The van der Waals surface area contributed by atoms with Gasteiger partial charge in [0.05, 0.1) is 5.02 Å². The molecule has 0 heterocycles. The Hall–Kier alpha value is -0.240. The molecule has 0 radical (unpaired) electrons. The normalized spacial score (nSPS) is 13.1. The maximum Gasteiger partial charge on any atom is 0.109 e. The molecule has 0 aromatic heterocycles. The Morgan fingerprint density at radius 2 is 2.00 bits per heavy atom. The molecule has 11 heavy (non-hydrogen) atoms. The minimum Gasteiger partial charge on any atom is -0.352 e. The Bertz CT molecular complexity index is 258. The summed E-state index contributed by atoms with van der Waals surface area (Å²) >= 11 is 11.6. The molecule has 0 saturated carbocycles. The van der Waals surface area contributed by atoms with E-state index in [-0.39, 0.29) is 6.04 Å². The van der Waals surface area contributed by atoms with Gasteiger partial charge in [0.15, 0.2) is 0 Å².